The molecule has 1 aliphatic heterocycles. The van der Waals surface area contributed by atoms with Crippen molar-refractivity contribution in [3.05, 3.63) is 47.9 Å². The number of aromatic amines is 1. The number of H-pyrrole nitrogens is 1. The first-order chi connectivity index (χ1) is 13.0. The largest absolute Gasteiger partial charge is 0.490 e. The summed E-state index contributed by atoms with van der Waals surface area (Å²) in [5, 5.41) is 3.50. The zero-order valence-electron chi connectivity index (χ0n) is 14.4. The van der Waals surface area contributed by atoms with Gasteiger partial charge in [0.05, 0.1) is 11.4 Å². The molecule has 0 saturated carbocycles. The van der Waals surface area contributed by atoms with Crippen LogP contribution in [0.1, 0.15) is 24.2 Å². The first kappa shape index (κ1) is 17.6. The van der Waals surface area contributed by atoms with Crippen molar-refractivity contribution in [3.8, 4) is 5.75 Å². The van der Waals surface area contributed by atoms with Crippen LogP contribution < -0.4 is 10.1 Å². The Kier molecular flexibility index (Phi) is 4.39. The van der Waals surface area contributed by atoms with E-state index >= 15 is 0 Å². The minimum absolute atomic E-state index is 0.119. The SMILES string of the molecule is CCO[C@H]1COc2ccccc2[C@@H]1Nc1ncnc2[nH]c(C(F)(F)F)cc12. The van der Waals surface area contributed by atoms with E-state index in [1.54, 1.807) is 0 Å². The van der Waals surface area contributed by atoms with E-state index < -0.39 is 11.9 Å². The second-order valence-electron chi connectivity index (χ2n) is 6.13. The Morgan fingerprint density at radius 2 is 2.11 bits per heavy atom. The molecule has 0 aliphatic carbocycles. The van der Waals surface area contributed by atoms with Crippen molar-refractivity contribution in [1.29, 1.82) is 0 Å². The topological polar surface area (TPSA) is 72.1 Å². The first-order valence-electron chi connectivity index (χ1n) is 8.48. The Morgan fingerprint density at radius 1 is 1.30 bits per heavy atom. The fourth-order valence-corrected chi connectivity index (χ4v) is 3.22. The minimum Gasteiger partial charge on any atom is -0.490 e. The van der Waals surface area contributed by atoms with Crippen molar-refractivity contribution in [2.75, 3.05) is 18.5 Å². The summed E-state index contributed by atoms with van der Waals surface area (Å²) in [4.78, 5) is 10.4. The van der Waals surface area contributed by atoms with Gasteiger partial charge in [-0.3, -0.25) is 0 Å². The van der Waals surface area contributed by atoms with E-state index in [1.165, 1.54) is 6.33 Å². The number of aromatic nitrogens is 3. The Hall–Kier alpha value is -2.81. The molecule has 0 spiro atoms. The van der Waals surface area contributed by atoms with Crippen LogP contribution in [0.5, 0.6) is 5.75 Å². The maximum absolute atomic E-state index is 13.0. The Balaban J connectivity index is 1.74. The number of halogens is 3. The average Bonchev–Trinajstić information content (AvgIpc) is 3.09. The molecule has 6 nitrogen and oxygen atoms in total. The molecule has 2 N–H and O–H groups in total. The smallest absolute Gasteiger partial charge is 0.431 e. The molecular weight excluding hydrogens is 361 g/mol. The van der Waals surface area contributed by atoms with E-state index in [0.29, 0.717) is 24.8 Å². The van der Waals surface area contributed by atoms with Gasteiger partial charge in [0, 0.05) is 12.2 Å². The van der Waals surface area contributed by atoms with Gasteiger partial charge in [-0.1, -0.05) is 18.2 Å². The van der Waals surface area contributed by atoms with Crippen LogP contribution in [0.2, 0.25) is 0 Å². The molecule has 3 aromatic rings. The molecule has 2 aromatic heterocycles. The number of rotatable bonds is 4. The molecule has 0 saturated heterocycles. The van der Waals surface area contributed by atoms with Crippen molar-refractivity contribution >= 4 is 16.9 Å². The van der Waals surface area contributed by atoms with Gasteiger partial charge in [0.1, 0.15) is 41.9 Å². The zero-order valence-corrected chi connectivity index (χ0v) is 14.4. The maximum Gasteiger partial charge on any atom is 0.431 e. The lowest BCUT2D eigenvalue weighted by molar-refractivity contribution is -0.140. The standard InChI is InChI=1S/C18H17F3N4O2/c1-2-26-13-8-27-12-6-4-3-5-10(12)15(13)25-17-11-7-14(18(19,20)21)24-16(11)22-9-23-17/h3-7,9,13,15H,2,8H2,1H3,(H2,22,23,24,25)/t13-,15-/m0/s1. The fraction of sp³-hybridized carbons (Fsp3) is 0.333. The van der Waals surface area contributed by atoms with Crippen LogP contribution in [0.4, 0.5) is 19.0 Å². The van der Waals surface area contributed by atoms with Gasteiger partial charge >= 0.3 is 6.18 Å². The van der Waals surface area contributed by atoms with E-state index in [-0.39, 0.29) is 23.2 Å². The quantitative estimate of drug-likeness (QED) is 0.720. The van der Waals surface area contributed by atoms with Gasteiger partial charge in [-0.2, -0.15) is 13.2 Å². The van der Waals surface area contributed by atoms with Crippen LogP contribution >= 0.6 is 0 Å². The average molecular weight is 378 g/mol. The van der Waals surface area contributed by atoms with Crippen molar-refractivity contribution < 1.29 is 22.6 Å². The summed E-state index contributed by atoms with van der Waals surface area (Å²) in [6, 6.07) is 8.17. The highest BCUT2D eigenvalue weighted by Gasteiger charge is 2.35. The highest BCUT2D eigenvalue weighted by atomic mass is 19.4. The lowest BCUT2D eigenvalue weighted by Gasteiger charge is -2.34. The summed E-state index contributed by atoms with van der Waals surface area (Å²) in [5.41, 5.74) is 0.114. The molecule has 0 radical (unpaired) electrons. The number of anilines is 1. The summed E-state index contributed by atoms with van der Waals surface area (Å²) in [6.45, 7) is 2.69. The number of nitrogens with one attached hydrogen (secondary N) is 2. The van der Waals surface area contributed by atoms with Crippen LogP contribution in [0.25, 0.3) is 11.0 Å². The summed E-state index contributed by atoms with van der Waals surface area (Å²) < 4.78 is 50.6. The second-order valence-corrected chi connectivity index (χ2v) is 6.13. The van der Waals surface area contributed by atoms with Crippen molar-refractivity contribution in [2.45, 2.75) is 25.2 Å². The molecule has 0 amide bonds. The van der Waals surface area contributed by atoms with Gasteiger partial charge in [0.2, 0.25) is 0 Å². The highest BCUT2D eigenvalue weighted by Crippen LogP contribution is 2.37. The molecular formula is C18H17F3N4O2. The second kappa shape index (κ2) is 6.73. The number of hydrogen-bond donors (Lipinski definition) is 2. The van der Waals surface area contributed by atoms with E-state index in [1.807, 2.05) is 31.2 Å². The number of ether oxygens (including phenoxy) is 2. The third-order valence-electron chi connectivity index (χ3n) is 4.43. The Labute approximate surface area is 152 Å². The van der Waals surface area contributed by atoms with Crippen molar-refractivity contribution in [3.63, 3.8) is 0 Å². The van der Waals surface area contributed by atoms with Crippen molar-refractivity contribution in [1.82, 2.24) is 15.0 Å². The summed E-state index contributed by atoms with van der Waals surface area (Å²) in [5.74, 6) is 1.01. The molecule has 0 bridgehead atoms. The van der Waals surface area contributed by atoms with Gasteiger partial charge in [-0.05, 0) is 19.1 Å². The van der Waals surface area contributed by atoms with Gasteiger partial charge in [0.25, 0.3) is 0 Å². The number of hydrogen-bond acceptors (Lipinski definition) is 5. The summed E-state index contributed by atoms with van der Waals surface area (Å²) in [7, 11) is 0. The van der Waals surface area contributed by atoms with Gasteiger partial charge in [0.15, 0.2) is 0 Å². The van der Waals surface area contributed by atoms with Crippen LogP contribution in [-0.2, 0) is 10.9 Å². The minimum atomic E-state index is -4.49. The third kappa shape index (κ3) is 3.30. The first-order valence-corrected chi connectivity index (χ1v) is 8.48. The van der Waals surface area contributed by atoms with E-state index in [4.69, 9.17) is 9.47 Å². The number of benzene rings is 1. The van der Waals surface area contributed by atoms with Crippen LogP contribution in [-0.4, -0.2) is 34.3 Å². The molecule has 9 heteroatoms. The predicted octanol–water partition coefficient (Wildman–Crippen LogP) is 3.93. The highest BCUT2D eigenvalue weighted by molar-refractivity contribution is 5.88. The van der Waals surface area contributed by atoms with Gasteiger partial charge in [-0.25, -0.2) is 9.97 Å². The predicted molar refractivity (Wildman–Crippen MR) is 92.6 cm³/mol. The Morgan fingerprint density at radius 3 is 2.89 bits per heavy atom. The normalized spacial score (nSPS) is 19.6. The molecule has 2 atom stereocenters. The van der Waals surface area contributed by atoms with E-state index in [2.05, 4.69) is 20.3 Å². The number of fused-ring (bicyclic) bond motifs is 2. The van der Waals surface area contributed by atoms with Crippen LogP contribution in [0.3, 0.4) is 0 Å². The number of nitrogens with zero attached hydrogens (tertiary/aromatic N) is 2. The lowest BCUT2D eigenvalue weighted by Crippen LogP contribution is -2.37. The van der Waals surface area contributed by atoms with Crippen molar-refractivity contribution in [2.24, 2.45) is 0 Å². The van der Waals surface area contributed by atoms with Crippen LogP contribution in [0, 0.1) is 0 Å². The molecule has 1 aromatic carbocycles. The summed E-state index contributed by atoms with van der Waals surface area (Å²) in [6.07, 6.45) is -3.57. The third-order valence-corrected chi connectivity index (χ3v) is 4.43. The van der Waals surface area contributed by atoms with E-state index in [0.717, 1.165) is 11.6 Å². The molecule has 0 unspecified atom stereocenters. The Bertz CT molecular complexity index is 957. The van der Waals surface area contributed by atoms with E-state index in [9.17, 15) is 13.2 Å². The molecule has 4 rings (SSSR count). The maximum atomic E-state index is 13.0. The van der Waals surface area contributed by atoms with Crippen LogP contribution in [0.15, 0.2) is 36.7 Å². The molecule has 1 aliphatic rings. The summed E-state index contributed by atoms with van der Waals surface area (Å²) >= 11 is 0. The fourth-order valence-electron chi connectivity index (χ4n) is 3.22. The monoisotopic (exact) mass is 378 g/mol. The lowest BCUT2D eigenvalue weighted by atomic mass is 9.98. The zero-order chi connectivity index (χ0) is 19.0. The molecule has 0 fully saturated rings. The van der Waals surface area contributed by atoms with Gasteiger partial charge in [-0.15, -0.1) is 0 Å². The molecule has 27 heavy (non-hydrogen) atoms. The number of alkyl halides is 3. The molecule has 142 valence electrons. The van der Waals surface area contributed by atoms with Gasteiger partial charge < -0.3 is 19.8 Å². The molecule has 3 heterocycles. The number of para-hydroxylation sites is 1.